The number of benzene rings is 6. The van der Waals surface area contributed by atoms with Crippen molar-refractivity contribution in [1.29, 1.82) is 0 Å². The first-order valence-electron chi connectivity index (χ1n) is 20.1. The van der Waals surface area contributed by atoms with Crippen LogP contribution in [0, 0.1) is 36.4 Å². The Balaban J connectivity index is 0.000000151. The predicted octanol–water partition coefficient (Wildman–Crippen LogP) is 10.3. The zero-order valence-corrected chi connectivity index (χ0v) is 37.5. The fraction of sp³-hybridized carbons (Fsp3) is 0.0577. The topological polar surface area (TPSA) is 70.4 Å². The molecule has 0 aliphatic heterocycles. The first-order chi connectivity index (χ1) is 31.5. The van der Waals surface area contributed by atoms with Crippen LogP contribution in [-0.4, -0.2) is 24.2 Å². The molecule has 0 spiro atoms. The molecular weight excluding hydrogens is 1020 g/mol. The van der Waals surface area contributed by atoms with Crippen molar-refractivity contribution in [3.8, 4) is 67.9 Å². The van der Waals surface area contributed by atoms with Crippen LogP contribution < -0.4 is 14.2 Å². The van der Waals surface area contributed by atoms with Crippen LogP contribution in [0.4, 0.5) is 22.0 Å². The molecule has 14 heteroatoms. The van der Waals surface area contributed by atoms with Gasteiger partial charge in [-0.05, 0) is 40.2 Å². The van der Waals surface area contributed by atoms with Gasteiger partial charge in [0.25, 0.3) is 0 Å². The van der Waals surface area contributed by atoms with Crippen LogP contribution in [-0.2, 0) is 40.4 Å². The van der Waals surface area contributed by atoms with Gasteiger partial charge in [-0.2, -0.15) is 37.4 Å². The zero-order valence-electron chi connectivity index (χ0n) is 35.1. The van der Waals surface area contributed by atoms with E-state index in [9.17, 15) is 22.0 Å². The molecule has 10 aromatic rings. The summed E-state index contributed by atoms with van der Waals surface area (Å²) in [4.78, 5) is 7.05. The van der Waals surface area contributed by atoms with Crippen molar-refractivity contribution in [2.45, 2.75) is 6.18 Å². The molecule has 0 saturated carbocycles. The molecule has 0 unspecified atom stereocenters. The van der Waals surface area contributed by atoms with Gasteiger partial charge in [0.15, 0.2) is 0 Å². The molecule has 0 aliphatic rings. The van der Waals surface area contributed by atoms with Gasteiger partial charge in [-0.25, -0.2) is 8.78 Å². The molecule has 8 nitrogen and oxygen atoms in total. The summed E-state index contributed by atoms with van der Waals surface area (Å²) in [6, 6.07) is 60.3. The van der Waals surface area contributed by atoms with Crippen molar-refractivity contribution in [2.24, 2.45) is 14.1 Å². The second kappa shape index (κ2) is 20.9. The largest absolute Gasteiger partial charge is 0.429 e. The Kier molecular flexibility index (Phi) is 14.7. The van der Waals surface area contributed by atoms with E-state index in [1.165, 1.54) is 36.5 Å². The SMILES string of the molecule is C[n+]1[c-]n(-c2[c-]ccc(F)c2)c(-c2ccccc2)c1-c1ccccc1.C[n+]1[c-]n(-c2[c-]ccc(F)c2)c(-c2ccccc2)c1-c1ccccc1.FC(F)(F)c1n[n-]c(-c2ccccn2)n1.[Ir]. The Labute approximate surface area is 391 Å². The van der Waals surface area contributed by atoms with Crippen molar-refractivity contribution in [3.05, 3.63) is 224 Å². The summed E-state index contributed by atoms with van der Waals surface area (Å²) in [5.74, 6) is -1.95. The van der Waals surface area contributed by atoms with Gasteiger partial charge in [-0.15, -0.1) is 24.3 Å². The number of halogens is 5. The first-order valence-corrected chi connectivity index (χ1v) is 20.1. The van der Waals surface area contributed by atoms with Gasteiger partial charge in [0.1, 0.15) is 5.82 Å². The monoisotopic (exact) mass is 1060 g/mol. The van der Waals surface area contributed by atoms with Crippen LogP contribution in [0.1, 0.15) is 5.82 Å². The van der Waals surface area contributed by atoms with Gasteiger partial charge in [0.05, 0.1) is 42.6 Å². The molecule has 1 radical (unpaired) electrons. The summed E-state index contributed by atoms with van der Waals surface area (Å²) in [6.45, 7) is 0. The maximum Gasteiger partial charge on any atom is 0.429 e. The van der Waals surface area contributed by atoms with Gasteiger partial charge >= 0.3 is 6.18 Å². The van der Waals surface area contributed by atoms with Gasteiger partial charge in [0, 0.05) is 37.9 Å². The van der Waals surface area contributed by atoms with Crippen LogP contribution in [0.5, 0.6) is 0 Å². The maximum atomic E-state index is 13.8. The van der Waals surface area contributed by atoms with Gasteiger partial charge in [-0.1, -0.05) is 139 Å². The van der Waals surface area contributed by atoms with Crippen LogP contribution in [0.15, 0.2) is 182 Å². The molecule has 6 aromatic carbocycles. The minimum atomic E-state index is -4.57. The summed E-state index contributed by atoms with van der Waals surface area (Å²) < 4.78 is 71.5. The minimum absolute atomic E-state index is 0. The number of rotatable bonds is 7. The second-order valence-corrected chi connectivity index (χ2v) is 14.3. The molecule has 0 aliphatic carbocycles. The molecule has 0 fully saturated rings. The molecule has 0 bridgehead atoms. The number of alkyl halides is 3. The van der Waals surface area contributed by atoms with E-state index >= 15 is 0 Å². The molecule has 0 atom stereocenters. The van der Waals surface area contributed by atoms with E-state index in [0.717, 1.165) is 45.0 Å². The van der Waals surface area contributed by atoms with Crippen molar-refractivity contribution < 1.29 is 51.2 Å². The van der Waals surface area contributed by atoms with Crippen LogP contribution in [0.25, 0.3) is 67.9 Å². The smallest absolute Gasteiger partial charge is 0.413 e. The zero-order chi connectivity index (χ0) is 45.3. The van der Waals surface area contributed by atoms with Crippen LogP contribution in [0.3, 0.4) is 0 Å². The van der Waals surface area contributed by atoms with Crippen molar-refractivity contribution in [3.63, 3.8) is 0 Å². The molecule has 66 heavy (non-hydrogen) atoms. The molecule has 0 amide bonds. The summed E-state index contributed by atoms with van der Waals surface area (Å²) >= 11 is 0. The number of imidazole rings is 2. The fourth-order valence-electron chi connectivity index (χ4n) is 7.03. The molecule has 4 heterocycles. The number of aromatic nitrogens is 8. The maximum absolute atomic E-state index is 13.8. The first kappa shape index (κ1) is 46.3. The van der Waals surface area contributed by atoms with Crippen molar-refractivity contribution >= 4 is 0 Å². The van der Waals surface area contributed by atoms with Gasteiger partial charge in [0.2, 0.25) is 12.7 Å². The molecule has 331 valence electrons. The third kappa shape index (κ3) is 10.6. The van der Waals surface area contributed by atoms with Crippen LogP contribution >= 0.6 is 0 Å². The molecule has 10 rings (SSSR count). The number of hydrogen-bond donors (Lipinski definition) is 0. The Morgan fingerprint density at radius 1 is 0.545 bits per heavy atom. The van der Waals surface area contributed by atoms with Crippen molar-refractivity contribution in [1.82, 2.24) is 29.3 Å². The summed E-state index contributed by atoms with van der Waals surface area (Å²) in [5, 5.41) is 6.25. The number of hydrogen-bond acceptors (Lipinski definition) is 3. The average molecular weight is 1060 g/mol. The van der Waals surface area contributed by atoms with E-state index in [1.807, 2.05) is 129 Å². The number of nitrogens with zero attached hydrogens (tertiary/aromatic N) is 8. The Bertz CT molecular complexity index is 2950. The van der Waals surface area contributed by atoms with Gasteiger partial charge < -0.3 is 28.4 Å². The molecular formula is C52H36F5IrN8-3. The number of pyridine rings is 1. The predicted molar refractivity (Wildman–Crippen MR) is 234 cm³/mol. The Morgan fingerprint density at radius 3 is 1.32 bits per heavy atom. The molecule has 0 saturated heterocycles. The molecule has 0 N–H and O–H groups in total. The Morgan fingerprint density at radius 2 is 0.955 bits per heavy atom. The Hall–Kier alpha value is -7.67. The number of aryl methyl sites for hydroxylation is 2. The van der Waals surface area contributed by atoms with Crippen LogP contribution in [0.2, 0.25) is 0 Å². The third-order valence-electron chi connectivity index (χ3n) is 9.83. The summed E-state index contributed by atoms with van der Waals surface area (Å²) in [7, 11) is 3.90. The van der Waals surface area contributed by atoms with Crippen molar-refractivity contribution in [2.75, 3.05) is 0 Å². The van der Waals surface area contributed by atoms with Gasteiger partial charge in [-0.3, -0.25) is 10.1 Å². The normalized spacial score (nSPS) is 10.8. The van der Waals surface area contributed by atoms with E-state index < -0.39 is 12.0 Å². The van der Waals surface area contributed by atoms with E-state index in [0.29, 0.717) is 11.4 Å². The van der Waals surface area contributed by atoms with E-state index in [-0.39, 0.29) is 43.3 Å². The fourth-order valence-corrected chi connectivity index (χ4v) is 7.03. The average Bonchev–Trinajstić information content (AvgIpc) is 4.07. The summed E-state index contributed by atoms with van der Waals surface area (Å²) in [5.41, 5.74) is 9.69. The third-order valence-corrected chi connectivity index (χ3v) is 9.83. The minimum Gasteiger partial charge on any atom is -0.413 e. The molecule has 4 aromatic heterocycles. The van der Waals surface area contributed by atoms with E-state index in [4.69, 9.17) is 0 Å². The quantitative estimate of drug-likeness (QED) is 0.0906. The van der Waals surface area contributed by atoms with E-state index in [2.05, 4.69) is 69.2 Å². The standard InChI is InChI=1S/2C22H16FN2.C8H4F3N4.Ir/c2*1-24-16-25(20-14-8-13-19(23)15-20)22(18-11-6-3-7-12-18)21(24)17-9-4-2-5-10-17;9-8(10,11)7-13-6(14-15-7)5-3-1-2-4-12-5;/h2*2-13,15H,1H3;1-4H;/q3*-1;. The second-order valence-electron chi connectivity index (χ2n) is 14.3. The summed E-state index contributed by atoms with van der Waals surface area (Å²) in [6.07, 6.45) is 3.45. The van der Waals surface area contributed by atoms with E-state index in [1.54, 1.807) is 24.3 Å².